The van der Waals surface area contributed by atoms with Gasteiger partial charge in [-0.1, -0.05) is 6.07 Å². The fourth-order valence-electron chi connectivity index (χ4n) is 1.76. The highest BCUT2D eigenvalue weighted by Crippen LogP contribution is 2.16. The van der Waals surface area contributed by atoms with E-state index in [4.69, 9.17) is 19.9 Å². The molecular weight excluding hydrogens is 326 g/mol. The van der Waals surface area contributed by atoms with Gasteiger partial charge in [-0.15, -0.1) is 0 Å². The molecule has 0 radical (unpaired) electrons. The van der Waals surface area contributed by atoms with Gasteiger partial charge in [-0.3, -0.25) is 10.1 Å². The minimum Gasteiger partial charge on any atom is -0.444 e. The normalized spacial score (nSPS) is 11.0. The zero-order valence-corrected chi connectivity index (χ0v) is 15.0. The number of nitrogens with one attached hydrogen (secondary N) is 2. The lowest BCUT2D eigenvalue weighted by molar-refractivity contribution is -0.121. The summed E-state index contributed by atoms with van der Waals surface area (Å²) in [5.74, 6) is -0.298. The first kappa shape index (κ1) is 20.9. The van der Waals surface area contributed by atoms with Gasteiger partial charge in [0.1, 0.15) is 12.2 Å². The number of carbonyl (C=O) groups excluding carboxylic acids is 2. The topological polar surface area (TPSA) is 112 Å². The summed E-state index contributed by atoms with van der Waals surface area (Å²) in [4.78, 5) is 23.6. The SMILES string of the molecule is CC(C)(C)OC(=O)Nc1cccc(NC(=O)COCCOCCN)c1. The monoisotopic (exact) mass is 353 g/mol. The average Bonchev–Trinajstić information content (AvgIpc) is 2.49. The first-order valence-electron chi connectivity index (χ1n) is 8.05. The smallest absolute Gasteiger partial charge is 0.412 e. The third kappa shape index (κ3) is 10.3. The third-order valence-electron chi connectivity index (χ3n) is 2.66. The summed E-state index contributed by atoms with van der Waals surface area (Å²) in [5.41, 5.74) is 5.76. The number of nitrogens with two attached hydrogens (primary N) is 1. The molecule has 0 atom stereocenters. The van der Waals surface area contributed by atoms with Crippen molar-refractivity contribution in [1.82, 2.24) is 0 Å². The van der Waals surface area contributed by atoms with Crippen LogP contribution in [0.3, 0.4) is 0 Å². The Morgan fingerprint density at radius 2 is 1.68 bits per heavy atom. The second-order valence-electron chi connectivity index (χ2n) is 6.21. The zero-order chi connectivity index (χ0) is 18.7. The van der Waals surface area contributed by atoms with Gasteiger partial charge in [0.25, 0.3) is 0 Å². The van der Waals surface area contributed by atoms with Crippen LogP contribution in [-0.2, 0) is 19.0 Å². The van der Waals surface area contributed by atoms with Gasteiger partial charge in [-0.05, 0) is 39.0 Å². The van der Waals surface area contributed by atoms with Crippen molar-refractivity contribution < 1.29 is 23.8 Å². The van der Waals surface area contributed by atoms with Crippen LogP contribution in [0.25, 0.3) is 0 Å². The molecule has 0 aromatic heterocycles. The molecule has 25 heavy (non-hydrogen) atoms. The fraction of sp³-hybridized carbons (Fsp3) is 0.529. The van der Waals surface area contributed by atoms with E-state index in [-0.39, 0.29) is 12.5 Å². The molecule has 140 valence electrons. The summed E-state index contributed by atoms with van der Waals surface area (Å²) in [5, 5.41) is 5.30. The van der Waals surface area contributed by atoms with Crippen molar-refractivity contribution in [2.24, 2.45) is 5.73 Å². The summed E-state index contributed by atoms with van der Waals surface area (Å²) in [6.45, 7) is 6.88. The van der Waals surface area contributed by atoms with E-state index in [1.165, 1.54) is 0 Å². The van der Waals surface area contributed by atoms with E-state index in [0.29, 0.717) is 37.7 Å². The van der Waals surface area contributed by atoms with Crippen LogP contribution in [0.2, 0.25) is 0 Å². The highest BCUT2D eigenvalue weighted by molar-refractivity contribution is 5.93. The molecule has 0 saturated heterocycles. The Morgan fingerprint density at radius 3 is 2.32 bits per heavy atom. The summed E-state index contributed by atoms with van der Waals surface area (Å²) in [6, 6.07) is 6.75. The Kier molecular flexibility index (Phi) is 8.90. The summed E-state index contributed by atoms with van der Waals surface area (Å²) in [6.07, 6.45) is -0.559. The molecule has 0 aliphatic heterocycles. The van der Waals surface area contributed by atoms with Gasteiger partial charge in [0.05, 0.1) is 19.8 Å². The standard InChI is InChI=1S/C17H27N3O5/c1-17(2,3)25-16(22)20-14-6-4-5-13(11-14)19-15(21)12-24-10-9-23-8-7-18/h4-6,11H,7-10,12,18H2,1-3H3,(H,19,21)(H,20,22). The van der Waals surface area contributed by atoms with E-state index < -0.39 is 11.7 Å². The lowest BCUT2D eigenvalue weighted by Gasteiger charge is -2.19. The van der Waals surface area contributed by atoms with Crippen molar-refractivity contribution in [3.8, 4) is 0 Å². The van der Waals surface area contributed by atoms with Gasteiger partial charge in [0.15, 0.2) is 0 Å². The Morgan fingerprint density at radius 1 is 1.04 bits per heavy atom. The maximum Gasteiger partial charge on any atom is 0.412 e. The van der Waals surface area contributed by atoms with Gasteiger partial charge >= 0.3 is 6.09 Å². The third-order valence-corrected chi connectivity index (χ3v) is 2.66. The number of ether oxygens (including phenoxy) is 3. The number of amides is 2. The fourth-order valence-corrected chi connectivity index (χ4v) is 1.76. The molecule has 0 heterocycles. The average molecular weight is 353 g/mol. The predicted octanol–water partition coefficient (Wildman–Crippen LogP) is 1.96. The van der Waals surface area contributed by atoms with Crippen molar-refractivity contribution in [3.63, 3.8) is 0 Å². The minimum absolute atomic E-state index is 0.0876. The van der Waals surface area contributed by atoms with Crippen LogP contribution in [-0.4, -0.2) is 50.6 Å². The van der Waals surface area contributed by atoms with Crippen molar-refractivity contribution in [1.29, 1.82) is 0 Å². The van der Waals surface area contributed by atoms with E-state index in [0.717, 1.165) is 0 Å². The first-order chi connectivity index (χ1) is 11.8. The molecule has 8 nitrogen and oxygen atoms in total. The maximum atomic E-state index is 11.8. The Labute approximate surface area is 148 Å². The van der Waals surface area contributed by atoms with E-state index in [1.54, 1.807) is 45.0 Å². The summed E-state index contributed by atoms with van der Waals surface area (Å²) >= 11 is 0. The van der Waals surface area contributed by atoms with Gasteiger partial charge < -0.3 is 25.3 Å². The van der Waals surface area contributed by atoms with Gasteiger partial charge in [0, 0.05) is 17.9 Å². The number of carbonyl (C=O) groups is 2. The van der Waals surface area contributed by atoms with Gasteiger partial charge in [-0.2, -0.15) is 0 Å². The summed E-state index contributed by atoms with van der Waals surface area (Å²) < 4.78 is 15.5. The second-order valence-corrected chi connectivity index (χ2v) is 6.21. The van der Waals surface area contributed by atoms with Crippen molar-refractivity contribution in [2.45, 2.75) is 26.4 Å². The molecule has 2 amide bonds. The Balaban J connectivity index is 2.39. The number of hydrogen-bond acceptors (Lipinski definition) is 6. The molecular formula is C17H27N3O5. The van der Waals surface area contributed by atoms with E-state index >= 15 is 0 Å². The van der Waals surface area contributed by atoms with Crippen LogP contribution in [0.4, 0.5) is 16.2 Å². The maximum absolute atomic E-state index is 11.8. The molecule has 0 aliphatic rings. The van der Waals surface area contributed by atoms with Crippen molar-refractivity contribution >= 4 is 23.4 Å². The molecule has 0 fully saturated rings. The molecule has 0 bridgehead atoms. The molecule has 0 aliphatic carbocycles. The van der Waals surface area contributed by atoms with E-state index in [1.807, 2.05) is 0 Å². The minimum atomic E-state index is -0.582. The van der Waals surface area contributed by atoms with E-state index in [9.17, 15) is 9.59 Å². The molecule has 1 aromatic rings. The number of anilines is 2. The van der Waals surface area contributed by atoms with E-state index in [2.05, 4.69) is 10.6 Å². The highest BCUT2D eigenvalue weighted by atomic mass is 16.6. The quantitative estimate of drug-likeness (QED) is 0.585. The van der Waals surface area contributed by atoms with Crippen molar-refractivity contribution in [2.75, 3.05) is 43.6 Å². The number of benzene rings is 1. The lowest BCUT2D eigenvalue weighted by Crippen LogP contribution is -2.27. The van der Waals surface area contributed by atoms with Crippen LogP contribution in [0, 0.1) is 0 Å². The van der Waals surface area contributed by atoms with Crippen LogP contribution in [0.1, 0.15) is 20.8 Å². The molecule has 1 aromatic carbocycles. The Hall–Kier alpha value is -2.16. The van der Waals surface area contributed by atoms with Gasteiger partial charge in [-0.25, -0.2) is 4.79 Å². The van der Waals surface area contributed by atoms with Crippen LogP contribution in [0.15, 0.2) is 24.3 Å². The van der Waals surface area contributed by atoms with Crippen LogP contribution in [0.5, 0.6) is 0 Å². The van der Waals surface area contributed by atoms with Gasteiger partial charge in [0.2, 0.25) is 5.91 Å². The highest BCUT2D eigenvalue weighted by Gasteiger charge is 2.16. The Bertz CT molecular complexity index is 557. The molecule has 4 N–H and O–H groups in total. The molecule has 0 unspecified atom stereocenters. The molecule has 0 saturated carbocycles. The molecule has 8 heteroatoms. The second kappa shape index (κ2) is 10.7. The van der Waals surface area contributed by atoms with Crippen molar-refractivity contribution in [3.05, 3.63) is 24.3 Å². The van der Waals surface area contributed by atoms with Crippen LogP contribution >= 0.6 is 0 Å². The summed E-state index contributed by atoms with van der Waals surface area (Å²) in [7, 11) is 0. The molecule has 0 spiro atoms. The number of hydrogen-bond donors (Lipinski definition) is 3. The lowest BCUT2D eigenvalue weighted by atomic mass is 10.2. The largest absolute Gasteiger partial charge is 0.444 e. The molecule has 1 rings (SSSR count). The predicted molar refractivity (Wildman–Crippen MR) is 95.6 cm³/mol. The van der Waals surface area contributed by atoms with Crippen LogP contribution < -0.4 is 16.4 Å². The first-order valence-corrected chi connectivity index (χ1v) is 8.05. The number of rotatable bonds is 9. The zero-order valence-electron chi connectivity index (χ0n) is 15.0.